The summed E-state index contributed by atoms with van der Waals surface area (Å²) in [7, 11) is 3.95. The Morgan fingerprint density at radius 2 is 1.70 bits per heavy atom. The van der Waals surface area contributed by atoms with Crippen molar-refractivity contribution in [2.24, 2.45) is 0 Å². The summed E-state index contributed by atoms with van der Waals surface area (Å²) >= 11 is 0. The van der Waals surface area contributed by atoms with Gasteiger partial charge >= 0.3 is 0 Å². The van der Waals surface area contributed by atoms with Crippen LogP contribution in [0.4, 0.5) is 0 Å². The van der Waals surface area contributed by atoms with E-state index < -0.39 is 5.60 Å². The second-order valence-corrected chi connectivity index (χ2v) is 5.66. The van der Waals surface area contributed by atoms with Gasteiger partial charge in [-0.15, -0.1) is 0 Å². The summed E-state index contributed by atoms with van der Waals surface area (Å²) in [6.45, 7) is 4.03. The number of aromatic hydroxyl groups is 1. The highest BCUT2D eigenvalue weighted by Crippen LogP contribution is 2.33. The molecular formula is C17H23NO2. The Morgan fingerprint density at radius 1 is 1.10 bits per heavy atom. The van der Waals surface area contributed by atoms with Gasteiger partial charge in [0.2, 0.25) is 0 Å². The van der Waals surface area contributed by atoms with Crippen LogP contribution in [-0.2, 0) is 5.60 Å². The van der Waals surface area contributed by atoms with E-state index in [-0.39, 0.29) is 11.8 Å². The van der Waals surface area contributed by atoms with Crippen molar-refractivity contribution >= 4 is 10.8 Å². The fraction of sp³-hybridized carbons (Fsp3) is 0.412. The molecule has 0 fully saturated rings. The van der Waals surface area contributed by atoms with Crippen LogP contribution < -0.4 is 0 Å². The van der Waals surface area contributed by atoms with E-state index in [1.54, 1.807) is 12.1 Å². The first kappa shape index (κ1) is 14.8. The molecular weight excluding hydrogens is 250 g/mol. The lowest BCUT2D eigenvalue weighted by atomic mass is 9.83. The number of hydrogen-bond acceptors (Lipinski definition) is 3. The van der Waals surface area contributed by atoms with Crippen LogP contribution in [-0.4, -0.2) is 35.3 Å². The molecule has 0 amide bonds. The summed E-state index contributed by atoms with van der Waals surface area (Å²) in [5.41, 5.74) is 0.0367. The summed E-state index contributed by atoms with van der Waals surface area (Å²) in [5.74, 6) is 0.262. The molecule has 3 heteroatoms. The van der Waals surface area contributed by atoms with Crippen molar-refractivity contribution in [3.8, 4) is 5.75 Å². The van der Waals surface area contributed by atoms with E-state index in [1.807, 2.05) is 57.1 Å². The molecule has 2 N–H and O–H groups in total. The SMILES string of the molecule is CC[C@@](O)(c1ccc2cc(O)ccc2c1)[C@H](C)N(C)C. The number of fused-ring (bicyclic) bond motifs is 1. The summed E-state index contributed by atoms with van der Waals surface area (Å²) in [6.07, 6.45) is 0.649. The van der Waals surface area contributed by atoms with Gasteiger partial charge in [0.1, 0.15) is 11.4 Å². The fourth-order valence-corrected chi connectivity index (χ4v) is 2.67. The van der Waals surface area contributed by atoms with Gasteiger partial charge in [0.15, 0.2) is 0 Å². The average Bonchev–Trinajstić information content (AvgIpc) is 2.44. The van der Waals surface area contributed by atoms with E-state index in [4.69, 9.17) is 0 Å². The van der Waals surface area contributed by atoms with Crippen molar-refractivity contribution in [1.82, 2.24) is 4.90 Å². The number of benzene rings is 2. The third kappa shape index (κ3) is 2.51. The van der Waals surface area contributed by atoms with Gasteiger partial charge in [0.05, 0.1) is 0 Å². The molecule has 2 rings (SSSR count). The van der Waals surface area contributed by atoms with Crippen molar-refractivity contribution < 1.29 is 10.2 Å². The molecule has 0 aliphatic rings. The van der Waals surface area contributed by atoms with Gasteiger partial charge < -0.3 is 15.1 Å². The van der Waals surface area contributed by atoms with Gasteiger partial charge in [-0.1, -0.05) is 25.1 Å². The number of phenols is 1. The van der Waals surface area contributed by atoms with Crippen LogP contribution in [0.15, 0.2) is 36.4 Å². The topological polar surface area (TPSA) is 43.7 Å². The molecule has 0 bridgehead atoms. The van der Waals surface area contributed by atoms with E-state index in [1.165, 1.54) is 0 Å². The molecule has 0 heterocycles. The maximum Gasteiger partial charge on any atom is 0.116 e. The minimum atomic E-state index is -0.879. The van der Waals surface area contributed by atoms with Gasteiger partial charge in [-0.2, -0.15) is 0 Å². The largest absolute Gasteiger partial charge is 0.508 e. The normalized spacial score (nSPS) is 16.3. The predicted octanol–water partition coefficient (Wildman–Crippen LogP) is 3.09. The van der Waals surface area contributed by atoms with E-state index in [9.17, 15) is 10.2 Å². The van der Waals surface area contributed by atoms with Gasteiger partial charge in [0.25, 0.3) is 0 Å². The van der Waals surface area contributed by atoms with Crippen molar-refractivity contribution in [2.75, 3.05) is 14.1 Å². The third-order valence-electron chi connectivity index (χ3n) is 4.33. The molecule has 0 aliphatic heterocycles. The highest BCUT2D eigenvalue weighted by atomic mass is 16.3. The average molecular weight is 273 g/mol. The minimum absolute atomic E-state index is 0.0158. The highest BCUT2D eigenvalue weighted by Gasteiger charge is 2.35. The van der Waals surface area contributed by atoms with Crippen molar-refractivity contribution in [2.45, 2.75) is 31.9 Å². The second-order valence-electron chi connectivity index (χ2n) is 5.66. The molecule has 2 aromatic rings. The molecule has 108 valence electrons. The Labute approximate surface area is 120 Å². The molecule has 0 radical (unpaired) electrons. The smallest absolute Gasteiger partial charge is 0.116 e. The Kier molecular flexibility index (Phi) is 4.02. The third-order valence-corrected chi connectivity index (χ3v) is 4.33. The fourth-order valence-electron chi connectivity index (χ4n) is 2.67. The lowest BCUT2D eigenvalue weighted by molar-refractivity contribution is -0.0347. The van der Waals surface area contributed by atoms with Crippen molar-refractivity contribution in [3.05, 3.63) is 42.0 Å². The molecule has 20 heavy (non-hydrogen) atoms. The Balaban J connectivity index is 2.52. The van der Waals surface area contributed by atoms with Gasteiger partial charge in [-0.3, -0.25) is 0 Å². The Hall–Kier alpha value is -1.58. The van der Waals surface area contributed by atoms with Gasteiger partial charge in [-0.05, 0) is 62.0 Å². The van der Waals surface area contributed by atoms with Crippen LogP contribution in [0.1, 0.15) is 25.8 Å². The molecule has 0 aliphatic carbocycles. The lowest BCUT2D eigenvalue weighted by Crippen LogP contribution is -2.45. The quantitative estimate of drug-likeness (QED) is 0.899. The Bertz CT molecular complexity index is 609. The van der Waals surface area contributed by atoms with Crippen molar-refractivity contribution in [1.29, 1.82) is 0 Å². The molecule has 3 nitrogen and oxygen atoms in total. The molecule has 2 atom stereocenters. The maximum atomic E-state index is 11.1. The van der Waals surface area contributed by atoms with Crippen LogP contribution in [0.5, 0.6) is 5.75 Å². The summed E-state index contributed by atoms with van der Waals surface area (Å²) in [5, 5.41) is 22.6. The molecule has 0 aromatic heterocycles. The van der Waals surface area contributed by atoms with Gasteiger partial charge in [-0.25, -0.2) is 0 Å². The van der Waals surface area contributed by atoms with E-state index in [2.05, 4.69) is 0 Å². The van der Waals surface area contributed by atoms with Crippen LogP contribution in [0.2, 0.25) is 0 Å². The first-order valence-electron chi connectivity index (χ1n) is 7.00. The summed E-state index contributed by atoms with van der Waals surface area (Å²) in [6, 6.07) is 11.2. The maximum absolute atomic E-state index is 11.1. The van der Waals surface area contributed by atoms with E-state index >= 15 is 0 Å². The van der Waals surface area contributed by atoms with E-state index in [0.29, 0.717) is 6.42 Å². The standard InChI is InChI=1S/C17H23NO2/c1-5-17(20,12(2)18(3)4)15-8-6-14-11-16(19)9-7-13(14)10-15/h6-12,19-20H,5H2,1-4H3/t12-,17-/m0/s1. The predicted molar refractivity (Wildman–Crippen MR) is 82.9 cm³/mol. The molecule has 0 unspecified atom stereocenters. The number of likely N-dealkylation sites (N-methyl/N-ethyl adjacent to an activating group) is 1. The van der Waals surface area contributed by atoms with Crippen LogP contribution in [0.25, 0.3) is 10.8 Å². The first-order valence-corrected chi connectivity index (χ1v) is 7.00. The number of phenolic OH excluding ortho intramolecular Hbond substituents is 1. The second kappa shape index (κ2) is 5.43. The zero-order chi connectivity index (χ0) is 14.9. The number of nitrogens with zero attached hydrogens (tertiary/aromatic N) is 1. The molecule has 0 saturated carbocycles. The number of hydrogen-bond donors (Lipinski definition) is 2. The van der Waals surface area contributed by atoms with Gasteiger partial charge in [0, 0.05) is 6.04 Å². The summed E-state index contributed by atoms with van der Waals surface area (Å²) < 4.78 is 0. The number of rotatable bonds is 4. The molecule has 0 saturated heterocycles. The van der Waals surface area contributed by atoms with E-state index in [0.717, 1.165) is 16.3 Å². The zero-order valence-corrected chi connectivity index (χ0v) is 12.6. The highest BCUT2D eigenvalue weighted by molar-refractivity contribution is 5.84. The summed E-state index contributed by atoms with van der Waals surface area (Å²) in [4.78, 5) is 2.03. The van der Waals surface area contributed by atoms with Crippen LogP contribution in [0.3, 0.4) is 0 Å². The first-order chi connectivity index (χ1) is 9.38. The van der Waals surface area contributed by atoms with Crippen LogP contribution in [0, 0.1) is 0 Å². The van der Waals surface area contributed by atoms with Crippen molar-refractivity contribution in [3.63, 3.8) is 0 Å². The minimum Gasteiger partial charge on any atom is -0.508 e. The molecule has 0 spiro atoms. The lowest BCUT2D eigenvalue weighted by Gasteiger charge is -2.38. The Morgan fingerprint density at radius 3 is 2.30 bits per heavy atom. The zero-order valence-electron chi connectivity index (χ0n) is 12.6. The van der Waals surface area contributed by atoms with Crippen LogP contribution >= 0.6 is 0 Å². The molecule has 2 aromatic carbocycles. The number of aliphatic hydroxyl groups is 1. The monoisotopic (exact) mass is 273 g/mol.